The van der Waals surface area contributed by atoms with Crippen LogP contribution in [0.2, 0.25) is 0 Å². The maximum absolute atomic E-state index is 4.75. The molecule has 0 aliphatic heterocycles. The second kappa shape index (κ2) is 5.49. The molecule has 0 spiro atoms. The molecular weight excluding hydrogens is 234 g/mol. The van der Waals surface area contributed by atoms with E-state index in [-0.39, 0.29) is 5.41 Å². The highest BCUT2D eigenvalue weighted by molar-refractivity contribution is 5.41. The van der Waals surface area contributed by atoms with E-state index < -0.39 is 0 Å². The standard InChI is InChI=1S/C16H27N3/c1-11(2)18-15-9-12(10-17-13-6-7-13)8-14(19-15)16(3,4)5/h8-9,11,13,17H,6-7,10H2,1-5H3,(H,18,19). The summed E-state index contributed by atoms with van der Waals surface area (Å²) in [5, 5.41) is 7.00. The second-order valence-corrected chi connectivity index (χ2v) is 6.95. The number of nitrogens with zero attached hydrogens (tertiary/aromatic N) is 1. The molecule has 1 heterocycles. The molecule has 0 atom stereocenters. The topological polar surface area (TPSA) is 37.0 Å². The van der Waals surface area contributed by atoms with Crippen LogP contribution in [0.5, 0.6) is 0 Å². The molecule has 2 N–H and O–H groups in total. The van der Waals surface area contributed by atoms with E-state index in [4.69, 9.17) is 4.98 Å². The van der Waals surface area contributed by atoms with Crippen LogP contribution in [-0.4, -0.2) is 17.1 Å². The predicted molar refractivity (Wildman–Crippen MR) is 81.6 cm³/mol. The highest BCUT2D eigenvalue weighted by atomic mass is 15.0. The zero-order chi connectivity index (χ0) is 14.0. The molecular formula is C16H27N3. The first-order chi connectivity index (χ1) is 8.84. The summed E-state index contributed by atoms with van der Waals surface area (Å²) in [5.74, 6) is 0.995. The highest BCUT2D eigenvalue weighted by Crippen LogP contribution is 2.25. The van der Waals surface area contributed by atoms with Gasteiger partial charge in [0.05, 0.1) is 0 Å². The van der Waals surface area contributed by atoms with E-state index in [1.165, 1.54) is 18.4 Å². The van der Waals surface area contributed by atoms with Crippen molar-refractivity contribution >= 4 is 5.82 Å². The van der Waals surface area contributed by atoms with Crippen molar-refractivity contribution in [2.24, 2.45) is 0 Å². The van der Waals surface area contributed by atoms with Gasteiger partial charge < -0.3 is 10.6 Å². The van der Waals surface area contributed by atoms with Crippen molar-refractivity contribution in [3.8, 4) is 0 Å². The average molecular weight is 261 g/mol. The Kier molecular flexibility index (Phi) is 4.14. The minimum Gasteiger partial charge on any atom is -0.368 e. The molecule has 0 radical (unpaired) electrons. The van der Waals surface area contributed by atoms with Crippen LogP contribution in [-0.2, 0) is 12.0 Å². The Hall–Kier alpha value is -1.09. The molecule has 1 aromatic heterocycles. The van der Waals surface area contributed by atoms with Crippen molar-refractivity contribution in [1.82, 2.24) is 10.3 Å². The number of hydrogen-bond donors (Lipinski definition) is 2. The smallest absolute Gasteiger partial charge is 0.126 e. The van der Waals surface area contributed by atoms with Crippen molar-refractivity contribution < 1.29 is 0 Å². The van der Waals surface area contributed by atoms with Crippen molar-refractivity contribution in [3.63, 3.8) is 0 Å². The van der Waals surface area contributed by atoms with Crippen LogP contribution in [0.4, 0.5) is 5.82 Å². The fraction of sp³-hybridized carbons (Fsp3) is 0.688. The molecule has 1 aliphatic rings. The zero-order valence-corrected chi connectivity index (χ0v) is 12.9. The first kappa shape index (κ1) is 14.3. The van der Waals surface area contributed by atoms with Crippen LogP contribution < -0.4 is 10.6 Å². The zero-order valence-electron chi connectivity index (χ0n) is 12.9. The number of rotatable bonds is 5. The van der Waals surface area contributed by atoms with E-state index in [1.807, 2.05) is 0 Å². The van der Waals surface area contributed by atoms with Gasteiger partial charge >= 0.3 is 0 Å². The Morgan fingerprint density at radius 3 is 2.47 bits per heavy atom. The van der Waals surface area contributed by atoms with Crippen molar-refractivity contribution in [3.05, 3.63) is 23.4 Å². The van der Waals surface area contributed by atoms with Crippen LogP contribution >= 0.6 is 0 Å². The third kappa shape index (κ3) is 4.50. The average Bonchev–Trinajstić information content (AvgIpc) is 3.07. The van der Waals surface area contributed by atoms with E-state index >= 15 is 0 Å². The van der Waals surface area contributed by atoms with Crippen LogP contribution in [0.25, 0.3) is 0 Å². The molecule has 19 heavy (non-hydrogen) atoms. The molecule has 1 fully saturated rings. The lowest BCUT2D eigenvalue weighted by Crippen LogP contribution is -2.20. The Balaban J connectivity index is 2.19. The second-order valence-electron chi connectivity index (χ2n) is 6.95. The third-order valence-corrected chi connectivity index (χ3v) is 3.26. The molecule has 1 aliphatic carbocycles. The summed E-state index contributed by atoms with van der Waals surface area (Å²) in [6.45, 7) is 11.9. The molecule has 0 aromatic carbocycles. The van der Waals surface area contributed by atoms with Crippen molar-refractivity contribution in [2.75, 3.05) is 5.32 Å². The van der Waals surface area contributed by atoms with Crippen LogP contribution in [0.1, 0.15) is 58.7 Å². The summed E-state index contributed by atoms with van der Waals surface area (Å²) < 4.78 is 0. The summed E-state index contributed by atoms with van der Waals surface area (Å²) in [6, 6.07) is 5.56. The van der Waals surface area contributed by atoms with Crippen LogP contribution in [0, 0.1) is 0 Å². The fourth-order valence-corrected chi connectivity index (χ4v) is 1.99. The lowest BCUT2D eigenvalue weighted by atomic mass is 9.90. The van der Waals surface area contributed by atoms with E-state index in [9.17, 15) is 0 Å². The number of nitrogens with one attached hydrogen (secondary N) is 2. The van der Waals surface area contributed by atoms with E-state index in [1.54, 1.807) is 0 Å². The number of pyridine rings is 1. The lowest BCUT2D eigenvalue weighted by molar-refractivity contribution is 0.566. The Labute approximate surface area is 117 Å². The van der Waals surface area contributed by atoms with Gasteiger partial charge in [0.25, 0.3) is 0 Å². The summed E-state index contributed by atoms with van der Waals surface area (Å²) in [6.07, 6.45) is 2.66. The van der Waals surface area contributed by atoms with Crippen LogP contribution in [0.3, 0.4) is 0 Å². The SMILES string of the molecule is CC(C)Nc1cc(CNC2CC2)cc(C(C)(C)C)n1. The predicted octanol–water partition coefficient (Wildman–Crippen LogP) is 3.45. The van der Waals surface area contributed by atoms with Gasteiger partial charge in [0.1, 0.15) is 5.82 Å². The molecule has 1 saturated carbocycles. The normalized spacial score (nSPS) is 15.9. The monoisotopic (exact) mass is 261 g/mol. The Morgan fingerprint density at radius 1 is 1.26 bits per heavy atom. The van der Waals surface area contributed by atoms with Gasteiger partial charge in [-0.3, -0.25) is 0 Å². The summed E-state index contributed by atoms with van der Waals surface area (Å²) in [5.41, 5.74) is 2.57. The van der Waals surface area contributed by atoms with Gasteiger partial charge in [-0.15, -0.1) is 0 Å². The number of aromatic nitrogens is 1. The largest absolute Gasteiger partial charge is 0.368 e. The van der Waals surface area contributed by atoms with Crippen molar-refractivity contribution in [1.29, 1.82) is 0 Å². The maximum atomic E-state index is 4.75. The molecule has 0 saturated heterocycles. The molecule has 1 aromatic rings. The van der Waals surface area contributed by atoms with Gasteiger partial charge in [0, 0.05) is 29.7 Å². The van der Waals surface area contributed by atoms with Gasteiger partial charge in [0.15, 0.2) is 0 Å². The van der Waals surface area contributed by atoms with Gasteiger partial charge in [-0.1, -0.05) is 20.8 Å². The molecule has 0 unspecified atom stereocenters. The summed E-state index contributed by atoms with van der Waals surface area (Å²) >= 11 is 0. The van der Waals surface area contributed by atoms with Gasteiger partial charge in [0.2, 0.25) is 0 Å². The molecule has 0 bridgehead atoms. The van der Waals surface area contributed by atoms with Gasteiger partial charge in [-0.25, -0.2) is 4.98 Å². The molecule has 2 rings (SSSR count). The summed E-state index contributed by atoms with van der Waals surface area (Å²) in [4.78, 5) is 4.75. The quantitative estimate of drug-likeness (QED) is 0.852. The Bertz CT molecular complexity index is 428. The molecule has 0 amide bonds. The molecule has 3 nitrogen and oxygen atoms in total. The third-order valence-electron chi connectivity index (χ3n) is 3.26. The minimum absolute atomic E-state index is 0.0863. The molecule has 106 valence electrons. The van der Waals surface area contributed by atoms with E-state index in [0.29, 0.717) is 6.04 Å². The van der Waals surface area contributed by atoms with E-state index in [0.717, 1.165) is 24.1 Å². The van der Waals surface area contributed by atoms with Gasteiger partial charge in [-0.05, 0) is 44.4 Å². The first-order valence-electron chi connectivity index (χ1n) is 7.36. The van der Waals surface area contributed by atoms with Gasteiger partial charge in [-0.2, -0.15) is 0 Å². The fourth-order valence-electron chi connectivity index (χ4n) is 1.99. The lowest BCUT2D eigenvalue weighted by Gasteiger charge is -2.21. The number of hydrogen-bond acceptors (Lipinski definition) is 3. The highest BCUT2D eigenvalue weighted by Gasteiger charge is 2.21. The van der Waals surface area contributed by atoms with Crippen molar-refractivity contribution in [2.45, 2.75) is 71.5 Å². The van der Waals surface area contributed by atoms with Crippen LogP contribution in [0.15, 0.2) is 12.1 Å². The Morgan fingerprint density at radius 2 is 1.95 bits per heavy atom. The van der Waals surface area contributed by atoms with E-state index in [2.05, 4.69) is 57.4 Å². The molecule has 3 heteroatoms. The maximum Gasteiger partial charge on any atom is 0.126 e. The number of anilines is 1. The first-order valence-corrected chi connectivity index (χ1v) is 7.36. The minimum atomic E-state index is 0.0863. The summed E-state index contributed by atoms with van der Waals surface area (Å²) in [7, 11) is 0.